The Labute approximate surface area is 118 Å². The van der Waals surface area contributed by atoms with Gasteiger partial charge in [-0.15, -0.1) is 11.3 Å². The van der Waals surface area contributed by atoms with Crippen molar-refractivity contribution >= 4 is 48.9 Å². The number of hydrogen-bond acceptors (Lipinski definition) is 2. The predicted octanol–water partition coefficient (Wildman–Crippen LogP) is 5.16. The summed E-state index contributed by atoms with van der Waals surface area (Å²) < 4.78 is 27.7. The van der Waals surface area contributed by atoms with Gasteiger partial charge in [0.1, 0.15) is 11.6 Å². The van der Waals surface area contributed by atoms with Crippen molar-refractivity contribution in [2.75, 3.05) is 5.32 Å². The van der Waals surface area contributed by atoms with Crippen LogP contribution < -0.4 is 5.32 Å². The van der Waals surface area contributed by atoms with E-state index in [1.54, 1.807) is 11.3 Å². The van der Waals surface area contributed by atoms with Crippen molar-refractivity contribution in [3.63, 3.8) is 0 Å². The minimum atomic E-state index is -0.605. The maximum absolute atomic E-state index is 13.4. The van der Waals surface area contributed by atoms with E-state index >= 15 is 0 Å². The van der Waals surface area contributed by atoms with Gasteiger partial charge >= 0.3 is 0 Å². The normalized spacial score (nSPS) is 10.6. The van der Waals surface area contributed by atoms with Crippen molar-refractivity contribution in [3.05, 3.63) is 49.0 Å². The molecule has 0 atom stereocenters. The molecule has 0 unspecified atom stereocenters. The number of nitrogens with one attached hydrogen (secondary N) is 1. The number of benzene rings is 1. The van der Waals surface area contributed by atoms with Gasteiger partial charge in [0.15, 0.2) is 0 Å². The van der Waals surface area contributed by atoms with Crippen LogP contribution in [0.15, 0.2) is 31.8 Å². The Hall–Kier alpha value is -0.460. The molecule has 17 heavy (non-hydrogen) atoms. The summed E-state index contributed by atoms with van der Waals surface area (Å²) in [5, 5.41) is 4.89. The third-order valence-electron chi connectivity index (χ3n) is 2.11. The molecule has 0 aliphatic rings. The molecular weight excluding hydrogens is 376 g/mol. The van der Waals surface area contributed by atoms with Crippen molar-refractivity contribution in [1.82, 2.24) is 0 Å². The topological polar surface area (TPSA) is 12.0 Å². The number of rotatable bonds is 3. The van der Waals surface area contributed by atoms with Crippen molar-refractivity contribution < 1.29 is 8.78 Å². The molecule has 0 fully saturated rings. The van der Waals surface area contributed by atoms with Crippen LogP contribution in [0.1, 0.15) is 5.56 Å². The molecule has 2 aromatic rings. The molecule has 0 saturated carbocycles. The smallest absolute Gasteiger partial charge is 0.149 e. The van der Waals surface area contributed by atoms with Crippen molar-refractivity contribution in [2.24, 2.45) is 0 Å². The van der Waals surface area contributed by atoms with Crippen LogP contribution in [0.2, 0.25) is 0 Å². The van der Waals surface area contributed by atoms with Gasteiger partial charge in [-0.3, -0.25) is 0 Å². The van der Waals surface area contributed by atoms with Crippen molar-refractivity contribution in [1.29, 1.82) is 0 Å². The fourth-order valence-corrected chi connectivity index (χ4v) is 2.85. The van der Waals surface area contributed by atoms with Gasteiger partial charge in [0.2, 0.25) is 0 Å². The molecule has 0 saturated heterocycles. The van der Waals surface area contributed by atoms with Crippen LogP contribution in [0.5, 0.6) is 0 Å². The van der Waals surface area contributed by atoms with Gasteiger partial charge in [-0.2, -0.15) is 0 Å². The fraction of sp³-hybridized carbons (Fsp3) is 0.0909. The summed E-state index contributed by atoms with van der Waals surface area (Å²) in [4.78, 5) is 0. The lowest BCUT2D eigenvalue weighted by molar-refractivity contribution is 0.580. The zero-order valence-corrected chi connectivity index (χ0v) is 12.4. The highest BCUT2D eigenvalue weighted by molar-refractivity contribution is 9.11. The van der Waals surface area contributed by atoms with Crippen LogP contribution in [0.3, 0.4) is 0 Å². The monoisotopic (exact) mass is 381 g/mol. The molecule has 1 N–H and O–H groups in total. The number of anilines is 1. The first-order valence-electron chi connectivity index (χ1n) is 4.67. The van der Waals surface area contributed by atoms with E-state index in [-0.39, 0.29) is 10.2 Å². The minimum Gasteiger partial charge on any atom is -0.379 e. The maximum Gasteiger partial charge on any atom is 0.149 e. The average Bonchev–Trinajstić information content (AvgIpc) is 2.68. The fourth-order valence-electron chi connectivity index (χ4n) is 1.29. The van der Waals surface area contributed by atoms with Gasteiger partial charge in [-0.1, -0.05) is 0 Å². The van der Waals surface area contributed by atoms with E-state index in [1.165, 1.54) is 6.07 Å². The Morgan fingerprint density at radius 1 is 1.12 bits per heavy atom. The molecule has 1 aromatic carbocycles. The molecule has 6 heteroatoms. The molecule has 1 nitrogen and oxygen atoms in total. The van der Waals surface area contributed by atoms with E-state index in [1.807, 2.05) is 11.4 Å². The average molecular weight is 383 g/mol. The first-order valence-corrected chi connectivity index (χ1v) is 7.14. The largest absolute Gasteiger partial charge is 0.379 e. The molecule has 0 aliphatic carbocycles. The molecule has 0 bridgehead atoms. The highest BCUT2D eigenvalue weighted by Gasteiger charge is 2.08. The summed E-state index contributed by atoms with van der Waals surface area (Å²) in [5.41, 5.74) is 1.32. The first-order chi connectivity index (χ1) is 8.06. The van der Waals surface area contributed by atoms with E-state index in [0.717, 1.165) is 15.4 Å². The Balaban J connectivity index is 2.11. The Morgan fingerprint density at radius 2 is 1.88 bits per heavy atom. The lowest BCUT2D eigenvalue weighted by atomic mass is 10.2. The summed E-state index contributed by atoms with van der Waals surface area (Å²) in [7, 11) is 0. The van der Waals surface area contributed by atoms with E-state index in [9.17, 15) is 8.78 Å². The van der Waals surface area contributed by atoms with Crippen LogP contribution in [0.4, 0.5) is 14.5 Å². The summed E-state index contributed by atoms with van der Waals surface area (Å²) in [5.74, 6) is -1.20. The molecule has 0 spiro atoms. The van der Waals surface area contributed by atoms with Crippen LogP contribution in [0, 0.1) is 11.6 Å². The van der Waals surface area contributed by atoms with Crippen LogP contribution >= 0.6 is 43.2 Å². The molecule has 1 heterocycles. The summed E-state index contributed by atoms with van der Waals surface area (Å²) in [6.07, 6.45) is 0. The maximum atomic E-state index is 13.4. The van der Waals surface area contributed by atoms with E-state index in [2.05, 4.69) is 37.2 Å². The van der Waals surface area contributed by atoms with Crippen LogP contribution in [-0.2, 0) is 6.54 Å². The van der Waals surface area contributed by atoms with Gasteiger partial charge in [0, 0.05) is 12.6 Å². The Morgan fingerprint density at radius 3 is 2.53 bits per heavy atom. The molecule has 0 aliphatic heterocycles. The molecule has 1 aromatic heterocycles. The number of thiophene rings is 1. The molecule has 0 amide bonds. The third kappa shape index (κ3) is 3.26. The SMILES string of the molecule is Fc1cc(F)c(NCc2csc(Br)c2)cc1Br. The summed E-state index contributed by atoms with van der Waals surface area (Å²) >= 11 is 7.94. The van der Waals surface area contributed by atoms with Gasteiger partial charge in [0.25, 0.3) is 0 Å². The Bertz CT molecular complexity index is 542. The quantitative estimate of drug-likeness (QED) is 0.722. The molecule has 0 radical (unpaired) electrons. The van der Waals surface area contributed by atoms with Gasteiger partial charge in [-0.05, 0) is 54.9 Å². The summed E-state index contributed by atoms with van der Waals surface area (Å²) in [6, 6.07) is 4.20. The first kappa shape index (κ1) is 13.0. The van der Waals surface area contributed by atoms with Crippen LogP contribution in [-0.4, -0.2) is 0 Å². The molecule has 2 rings (SSSR count). The van der Waals surface area contributed by atoms with E-state index in [4.69, 9.17) is 0 Å². The van der Waals surface area contributed by atoms with E-state index < -0.39 is 11.6 Å². The second kappa shape index (κ2) is 5.46. The second-order valence-corrected chi connectivity index (χ2v) is 6.50. The van der Waals surface area contributed by atoms with Crippen molar-refractivity contribution in [3.8, 4) is 0 Å². The van der Waals surface area contributed by atoms with Gasteiger partial charge in [-0.25, -0.2) is 8.78 Å². The number of halogens is 4. The van der Waals surface area contributed by atoms with Gasteiger partial charge in [0.05, 0.1) is 13.9 Å². The standard InChI is InChI=1S/C11H7Br2F2NS/c12-7-2-10(9(15)3-8(7)14)16-4-6-1-11(13)17-5-6/h1-3,5,16H,4H2. The minimum absolute atomic E-state index is 0.243. The van der Waals surface area contributed by atoms with Gasteiger partial charge < -0.3 is 5.32 Å². The van der Waals surface area contributed by atoms with Crippen LogP contribution in [0.25, 0.3) is 0 Å². The second-order valence-electron chi connectivity index (χ2n) is 3.36. The zero-order chi connectivity index (χ0) is 12.4. The highest BCUT2D eigenvalue weighted by atomic mass is 79.9. The number of hydrogen-bond donors (Lipinski definition) is 1. The molecule has 90 valence electrons. The highest BCUT2D eigenvalue weighted by Crippen LogP contribution is 2.25. The lowest BCUT2D eigenvalue weighted by Gasteiger charge is -2.07. The zero-order valence-electron chi connectivity index (χ0n) is 8.44. The molecular formula is C11H7Br2F2NS. The Kier molecular flexibility index (Phi) is 4.17. The van der Waals surface area contributed by atoms with E-state index in [0.29, 0.717) is 6.54 Å². The third-order valence-corrected chi connectivity index (χ3v) is 4.28. The predicted molar refractivity (Wildman–Crippen MR) is 73.4 cm³/mol. The summed E-state index contributed by atoms with van der Waals surface area (Å²) in [6.45, 7) is 0.497. The van der Waals surface area contributed by atoms with Crippen molar-refractivity contribution in [2.45, 2.75) is 6.54 Å². The lowest BCUT2D eigenvalue weighted by Crippen LogP contribution is -2.01.